The topological polar surface area (TPSA) is 104 Å². The Morgan fingerprint density at radius 3 is 2.80 bits per heavy atom. The van der Waals surface area contributed by atoms with Crippen molar-refractivity contribution in [2.75, 3.05) is 6.54 Å². The van der Waals surface area contributed by atoms with E-state index in [2.05, 4.69) is 0 Å². The van der Waals surface area contributed by atoms with Crippen molar-refractivity contribution in [2.45, 2.75) is 31.4 Å². The van der Waals surface area contributed by atoms with E-state index in [4.69, 9.17) is 5.11 Å². The van der Waals surface area contributed by atoms with Crippen molar-refractivity contribution in [1.82, 2.24) is 4.90 Å². The number of nitrogens with zero attached hydrogens (tertiary/aromatic N) is 2. The number of nitro benzene ring substituents is 1. The Balaban J connectivity index is 2.22. The summed E-state index contributed by atoms with van der Waals surface area (Å²) in [7, 11) is 0. The summed E-state index contributed by atoms with van der Waals surface area (Å²) in [6, 6.07) is 5.86. The molecule has 2 N–H and O–H groups in total. The summed E-state index contributed by atoms with van der Waals surface area (Å²) in [6.45, 7) is 0.252. The van der Waals surface area contributed by atoms with Crippen LogP contribution in [0, 0.1) is 10.1 Å². The molecule has 0 aromatic heterocycles. The van der Waals surface area contributed by atoms with Crippen LogP contribution < -0.4 is 0 Å². The molecule has 2 rings (SSSR count). The lowest BCUT2D eigenvalue weighted by Crippen LogP contribution is -2.48. The van der Waals surface area contributed by atoms with E-state index in [9.17, 15) is 20.0 Å². The van der Waals surface area contributed by atoms with Gasteiger partial charge in [0.15, 0.2) is 0 Å². The molecule has 1 aromatic rings. The molecule has 1 aliphatic heterocycles. The number of hydrogen-bond donors (Lipinski definition) is 2. The van der Waals surface area contributed by atoms with Crippen molar-refractivity contribution < 1.29 is 19.9 Å². The van der Waals surface area contributed by atoms with Gasteiger partial charge in [0.25, 0.3) is 5.69 Å². The summed E-state index contributed by atoms with van der Waals surface area (Å²) in [5.41, 5.74) is 0.473. The van der Waals surface area contributed by atoms with Crippen LogP contribution in [0.4, 0.5) is 10.5 Å². The number of benzene rings is 1. The predicted molar refractivity (Wildman–Crippen MR) is 70.6 cm³/mol. The second-order valence-electron chi connectivity index (χ2n) is 4.90. The van der Waals surface area contributed by atoms with Crippen LogP contribution in [0.1, 0.15) is 18.4 Å². The number of carbonyl (C=O) groups is 1. The van der Waals surface area contributed by atoms with Crippen LogP contribution >= 0.6 is 0 Å². The van der Waals surface area contributed by atoms with Crippen molar-refractivity contribution in [1.29, 1.82) is 0 Å². The first-order valence-electron chi connectivity index (χ1n) is 6.39. The highest BCUT2D eigenvalue weighted by Crippen LogP contribution is 2.25. The Morgan fingerprint density at radius 1 is 1.45 bits per heavy atom. The van der Waals surface area contributed by atoms with Crippen LogP contribution in [0.2, 0.25) is 0 Å². The van der Waals surface area contributed by atoms with Crippen LogP contribution in [-0.2, 0) is 6.42 Å². The van der Waals surface area contributed by atoms with Crippen molar-refractivity contribution in [3.05, 3.63) is 39.9 Å². The van der Waals surface area contributed by atoms with Crippen LogP contribution in [-0.4, -0.2) is 44.8 Å². The van der Waals surface area contributed by atoms with Gasteiger partial charge in [0.2, 0.25) is 0 Å². The third-order valence-electron chi connectivity index (χ3n) is 3.58. The van der Waals surface area contributed by atoms with Gasteiger partial charge in [0.1, 0.15) is 0 Å². The minimum Gasteiger partial charge on any atom is -0.465 e. The third kappa shape index (κ3) is 3.05. The number of amides is 1. The maximum atomic E-state index is 11.2. The molecule has 0 aliphatic carbocycles. The van der Waals surface area contributed by atoms with Gasteiger partial charge < -0.3 is 15.1 Å². The SMILES string of the molecule is O=C(O)N1CCC(O)CC1Cc1ccccc1[N+](=O)[O-]. The van der Waals surface area contributed by atoms with Crippen molar-refractivity contribution in [2.24, 2.45) is 0 Å². The molecule has 0 bridgehead atoms. The predicted octanol–water partition coefficient (Wildman–Crippen LogP) is 1.64. The quantitative estimate of drug-likeness (QED) is 0.647. The van der Waals surface area contributed by atoms with Crippen molar-refractivity contribution in [3.8, 4) is 0 Å². The Bertz CT molecular complexity index is 519. The molecule has 2 atom stereocenters. The van der Waals surface area contributed by atoms with E-state index in [1.165, 1.54) is 11.0 Å². The number of hydrogen-bond acceptors (Lipinski definition) is 4. The van der Waals surface area contributed by atoms with E-state index in [1.54, 1.807) is 18.2 Å². The molecule has 1 heterocycles. The van der Waals surface area contributed by atoms with E-state index in [0.717, 1.165) is 0 Å². The van der Waals surface area contributed by atoms with Crippen LogP contribution in [0.15, 0.2) is 24.3 Å². The zero-order valence-corrected chi connectivity index (χ0v) is 10.8. The molecule has 1 saturated heterocycles. The van der Waals surface area contributed by atoms with Crippen molar-refractivity contribution >= 4 is 11.8 Å². The molecule has 7 nitrogen and oxygen atoms in total. The number of rotatable bonds is 3. The van der Waals surface area contributed by atoms with Gasteiger partial charge in [-0.2, -0.15) is 0 Å². The minimum atomic E-state index is -1.06. The number of aliphatic hydroxyl groups is 1. The lowest BCUT2D eigenvalue weighted by molar-refractivity contribution is -0.385. The number of piperidine rings is 1. The maximum Gasteiger partial charge on any atom is 0.407 e. The molecule has 1 aromatic carbocycles. The van der Waals surface area contributed by atoms with Gasteiger partial charge >= 0.3 is 6.09 Å². The summed E-state index contributed by atoms with van der Waals surface area (Å²) < 4.78 is 0. The molecule has 1 aliphatic rings. The van der Waals surface area contributed by atoms with E-state index in [-0.39, 0.29) is 18.7 Å². The lowest BCUT2D eigenvalue weighted by Gasteiger charge is -2.36. The molecule has 1 amide bonds. The first-order valence-corrected chi connectivity index (χ1v) is 6.39. The Morgan fingerprint density at radius 2 is 2.15 bits per heavy atom. The number of nitro groups is 1. The van der Waals surface area contributed by atoms with Crippen LogP contribution in [0.3, 0.4) is 0 Å². The Labute approximate surface area is 115 Å². The summed E-state index contributed by atoms with van der Waals surface area (Å²) in [5.74, 6) is 0. The molecule has 0 saturated carbocycles. The van der Waals surface area contributed by atoms with Gasteiger partial charge in [-0.05, 0) is 19.3 Å². The van der Waals surface area contributed by atoms with Crippen LogP contribution in [0.25, 0.3) is 0 Å². The third-order valence-corrected chi connectivity index (χ3v) is 3.58. The van der Waals surface area contributed by atoms with Gasteiger partial charge in [-0.1, -0.05) is 18.2 Å². The maximum absolute atomic E-state index is 11.2. The average Bonchev–Trinajstić information content (AvgIpc) is 2.38. The summed E-state index contributed by atoms with van der Waals surface area (Å²) >= 11 is 0. The highest BCUT2D eigenvalue weighted by atomic mass is 16.6. The molecule has 0 spiro atoms. The number of aliphatic hydroxyl groups excluding tert-OH is 1. The second-order valence-corrected chi connectivity index (χ2v) is 4.90. The van der Waals surface area contributed by atoms with E-state index in [0.29, 0.717) is 18.4 Å². The van der Waals surface area contributed by atoms with Gasteiger partial charge in [0, 0.05) is 24.2 Å². The van der Waals surface area contributed by atoms with E-state index < -0.39 is 23.2 Å². The first-order chi connectivity index (χ1) is 9.49. The Hall–Kier alpha value is -2.15. The smallest absolute Gasteiger partial charge is 0.407 e. The number of para-hydroxylation sites is 1. The number of carboxylic acid groups (broad SMARTS) is 1. The fourth-order valence-corrected chi connectivity index (χ4v) is 2.59. The molecular weight excluding hydrogens is 264 g/mol. The van der Waals surface area contributed by atoms with Gasteiger partial charge in [-0.3, -0.25) is 10.1 Å². The molecule has 20 heavy (non-hydrogen) atoms. The monoisotopic (exact) mass is 280 g/mol. The van der Waals surface area contributed by atoms with E-state index in [1.807, 2.05) is 0 Å². The molecule has 108 valence electrons. The highest BCUT2D eigenvalue weighted by molar-refractivity contribution is 5.65. The molecule has 2 unspecified atom stereocenters. The molecule has 7 heteroatoms. The summed E-state index contributed by atoms with van der Waals surface area (Å²) in [5, 5.41) is 29.8. The molecule has 1 fully saturated rings. The largest absolute Gasteiger partial charge is 0.465 e. The van der Waals surface area contributed by atoms with Gasteiger partial charge in [-0.15, -0.1) is 0 Å². The van der Waals surface area contributed by atoms with Gasteiger partial charge in [0.05, 0.1) is 11.0 Å². The fourth-order valence-electron chi connectivity index (χ4n) is 2.59. The average molecular weight is 280 g/mol. The summed E-state index contributed by atoms with van der Waals surface area (Å²) in [6.07, 6.45) is -0.669. The van der Waals surface area contributed by atoms with Crippen molar-refractivity contribution in [3.63, 3.8) is 0 Å². The first kappa shape index (κ1) is 14.3. The molecule has 0 radical (unpaired) electrons. The molecular formula is C13H16N2O5. The lowest BCUT2D eigenvalue weighted by atomic mass is 9.93. The zero-order valence-electron chi connectivity index (χ0n) is 10.8. The Kier molecular flexibility index (Phi) is 4.19. The zero-order chi connectivity index (χ0) is 14.7. The minimum absolute atomic E-state index is 0.0158. The fraction of sp³-hybridized carbons (Fsp3) is 0.462. The summed E-state index contributed by atoms with van der Waals surface area (Å²) in [4.78, 5) is 22.9. The van der Waals surface area contributed by atoms with E-state index >= 15 is 0 Å². The second kappa shape index (κ2) is 5.87. The standard InChI is InChI=1S/C13H16N2O5/c16-11-5-6-14(13(17)18)10(8-11)7-9-3-1-2-4-12(9)15(19)20/h1-4,10-11,16H,5-8H2,(H,17,18). The normalized spacial score (nSPS) is 22.6. The van der Waals surface area contributed by atoms with Crippen LogP contribution in [0.5, 0.6) is 0 Å². The van der Waals surface area contributed by atoms with Gasteiger partial charge in [-0.25, -0.2) is 4.79 Å². The number of likely N-dealkylation sites (tertiary alicyclic amines) is 1. The highest BCUT2D eigenvalue weighted by Gasteiger charge is 2.32.